The second kappa shape index (κ2) is 16.5. The zero-order valence-electron chi connectivity index (χ0n) is 33.7. The Balaban J connectivity index is 1.27. The van der Waals surface area contributed by atoms with Crippen LogP contribution in [0.15, 0.2) is 54.6 Å². The molecule has 3 aliphatic heterocycles. The molecule has 0 aromatic heterocycles. The lowest BCUT2D eigenvalue weighted by atomic mass is 10.00. The third kappa shape index (κ3) is 9.19. The van der Waals surface area contributed by atoms with E-state index >= 15 is 4.79 Å². The van der Waals surface area contributed by atoms with Crippen LogP contribution in [-0.4, -0.2) is 89.8 Å². The van der Waals surface area contributed by atoms with Gasteiger partial charge in [-0.2, -0.15) is 0 Å². The molecule has 0 bridgehead atoms. The minimum absolute atomic E-state index is 0.0501. The maximum Gasteiger partial charge on any atom is 0.410 e. The lowest BCUT2D eigenvalue weighted by Gasteiger charge is -2.35. The number of ether oxygens (including phenoxy) is 3. The number of fused-ring (bicyclic) bond motifs is 3. The van der Waals surface area contributed by atoms with Gasteiger partial charge < -0.3 is 29.7 Å². The van der Waals surface area contributed by atoms with Crippen LogP contribution in [-0.2, 0) is 47.0 Å². The molecular formula is C42H52FN5O10S. The summed E-state index contributed by atoms with van der Waals surface area (Å²) in [4.78, 5) is 73.8. The fourth-order valence-electron chi connectivity index (χ4n) is 8.26. The molecule has 59 heavy (non-hydrogen) atoms. The number of sulfonamides is 1. The summed E-state index contributed by atoms with van der Waals surface area (Å²) in [6, 6.07) is 7.65. The number of hydrogen-bond acceptors (Lipinski definition) is 10. The summed E-state index contributed by atoms with van der Waals surface area (Å²) >= 11 is 0. The highest BCUT2D eigenvalue weighted by atomic mass is 32.2. The number of halogens is 1. The Morgan fingerprint density at radius 3 is 2.41 bits per heavy atom. The van der Waals surface area contributed by atoms with Crippen LogP contribution in [0.5, 0.6) is 5.75 Å². The quantitative estimate of drug-likeness (QED) is 0.324. The highest BCUT2D eigenvalue weighted by Crippen LogP contribution is 2.47. The van der Waals surface area contributed by atoms with E-state index in [4.69, 9.17) is 14.2 Å². The van der Waals surface area contributed by atoms with Crippen LogP contribution >= 0.6 is 0 Å². The number of carbonyl (C=O) groups excluding carboxylic acids is 5. The van der Waals surface area contributed by atoms with Gasteiger partial charge in [-0.3, -0.25) is 24.0 Å². The molecular weight excluding hydrogens is 786 g/mol. The minimum atomic E-state index is -3.98. The normalized spacial score (nSPS) is 27.8. The zero-order valence-corrected chi connectivity index (χ0v) is 34.5. The van der Waals surface area contributed by atoms with Crippen LogP contribution in [0.1, 0.15) is 101 Å². The first-order chi connectivity index (χ1) is 28.0. The van der Waals surface area contributed by atoms with Gasteiger partial charge in [0.1, 0.15) is 40.9 Å². The van der Waals surface area contributed by atoms with Gasteiger partial charge in [0.2, 0.25) is 21.8 Å². The molecule has 2 aromatic rings. The van der Waals surface area contributed by atoms with Crippen molar-refractivity contribution in [2.75, 3.05) is 7.11 Å². The Morgan fingerprint density at radius 2 is 1.73 bits per heavy atom. The molecule has 3 N–H and O–H groups in total. The van der Waals surface area contributed by atoms with E-state index in [0.717, 1.165) is 6.42 Å². The molecule has 7 rings (SSSR count). The number of rotatable bonds is 7. The zero-order chi connectivity index (χ0) is 42.3. The summed E-state index contributed by atoms with van der Waals surface area (Å²) in [5.74, 6) is -2.77. The third-order valence-corrected chi connectivity index (χ3v) is 13.4. The smallest absolute Gasteiger partial charge is 0.410 e. The Labute approximate surface area is 343 Å². The number of nitrogens with zero attached hydrogens (tertiary/aromatic N) is 2. The van der Waals surface area contributed by atoms with Crippen LogP contribution < -0.4 is 20.1 Å². The number of benzene rings is 2. The molecule has 2 saturated carbocycles. The van der Waals surface area contributed by atoms with Crippen molar-refractivity contribution in [3.05, 3.63) is 77.1 Å². The van der Waals surface area contributed by atoms with Gasteiger partial charge in [-0.1, -0.05) is 49.3 Å². The maximum atomic E-state index is 15.2. The van der Waals surface area contributed by atoms with E-state index in [1.54, 1.807) is 57.2 Å². The Morgan fingerprint density at radius 1 is 0.983 bits per heavy atom. The summed E-state index contributed by atoms with van der Waals surface area (Å²) in [5, 5.41) is 4.90. The summed E-state index contributed by atoms with van der Waals surface area (Å²) in [6.45, 7) is 5.11. The SMILES string of the molecule is COc1ccc([C@H]2[C@H](OC(=O)N3Cc4cccc(F)c4C3)C[C@H]3C(=O)N[C@]4(C(=O)NS(=O)(=O)C5CC5)CC4/C=C\CCCCC[C@H](NC(=O)OC(C)(C)C)C(=O)N32)cc1. The standard InChI is InChI=1S/C42H52FN5O10S/c1-41(2,3)58-39(52)44-32-14-9-7-5-6-8-12-27-22-42(27,38(51)46-59(54,55)29-19-20-29)45-36(49)33-21-34(35(48(33)37(32)50)25-15-17-28(56-4)18-16-25)57-40(53)47-23-26-11-10-13-31(43)30(26)24-47/h8,10-13,15-18,27,29,32-35H,5-7,9,14,19-24H2,1-4H3,(H,44,52)(H,45,49)(H,46,51)/b12-8-/t27?,32-,33-,34+,35-,42+/m0/s1. The molecule has 3 heterocycles. The first kappa shape index (κ1) is 42.0. The van der Waals surface area contributed by atoms with Crippen LogP contribution in [0.25, 0.3) is 0 Å². The average molecular weight is 838 g/mol. The van der Waals surface area contributed by atoms with Gasteiger partial charge >= 0.3 is 12.2 Å². The van der Waals surface area contributed by atoms with Gasteiger partial charge in [0, 0.05) is 24.4 Å². The fraction of sp³-hybridized carbons (Fsp3) is 0.548. The van der Waals surface area contributed by atoms with Crippen molar-refractivity contribution in [1.29, 1.82) is 0 Å². The number of alkyl carbamates (subject to hydrolysis) is 1. The molecule has 5 amide bonds. The second-order valence-corrected chi connectivity index (χ2v) is 19.0. The van der Waals surface area contributed by atoms with E-state index in [1.165, 1.54) is 23.0 Å². The molecule has 0 spiro atoms. The van der Waals surface area contributed by atoms with Crippen LogP contribution in [0.2, 0.25) is 0 Å². The van der Waals surface area contributed by atoms with E-state index < -0.39 is 92.3 Å². The lowest BCUT2D eigenvalue weighted by Crippen LogP contribution is -2.58. The van der Waals surface area contributed by atoms with Crippen LogP contribution in [0.3, 0.4) is 0 Å². The van der Waals surface area contributed by atoms with Crippen molar-refractivity contribution in [2.24, 2.45) is 5.92 Å². The van der Waals surface area contributed by atoms with Crippen LogP contribution in [0, 0.1) is 11.7 Å². The average Bonchev–Trinajstić information content (AvgIpc) is 4.07. The third-order valence-electron chi connectivity index (χ3n) is 11.6. The largest absolute Gasteiger partial charge is 0.497 e. The second-order valence-electron chi connectivity index (χ2n) is 17.1. The molecule has 318 valence electrons. The topological polar surface area (TPSA) is 190 Å². The number of carbonyl (C=O) groups is 5. The number of methoxy groups -OCH3 is 1. The van der Waals surface area contributed by atoms with Gasteiger partial charge in [0.15, 0.2) is 0 Å². The monoisotopic (exact) mass is 837 g/mol. The number of nitrogens with one attached hydrogen (secondary N) is 3. The Bertz CT molecular complexity index is 2120. The van der Waals surface area contributed by atoms with Crippen molar-refractivity contribution in [3.8, 4) is 5.75 Å². The van der Waals surface area contributed by atoms with E-state index in [9.17, 15) is 32.0 Å². The molecule has 2 aromatic carbocycles. The molecule has 1 saturated heterocycles. The highest BCUT2D eigenvalue weighted by molar-refractivity contribution is 7.91. The van der Waals surface area contributed by atoms with E-state index in [1.807, 2.05) is 12.2 Å². The van der Waals surface area contributed by atoms with E-state index in [0.29, 0.717) is 54.5 Å². The van der Waals surface area contributed by atoms with Crippen molar-refractivity contribution >= 4 is 39.9 Å². The fourth-order valence-corrected chi connectivity index (χ4v) is 9.63. The van der Waals surface area contributed by atoms with Crippen molar-refractivity contribution in [1.82, 2.24) is 25.2 Å². The van der Waals surface area contributed by atoms with E-state index in [2.05, 4.69) is 15.4 Å². The Hall–Kier alpha value is -5.19. The lowest BCUT2D eigenvalue weighted by molar-refractivity contribution is -0.143. The van der Waals surface area contributed by atoms with Crippen LogP contribution in [0.4, 0.5) is 14.0 Å². The summed E-state index contributed by atoms with van der Waals surface area (Å²) < 4.78 is 60.0. The van der Waals surface area contributed by atoms with Gasteiger partial charge in [-0.05, 0) is 88.6 Å². The Kier molecular flexibility index (Phi) is 11.7. The highest BCUT2D eigenvalue weighted by Gasteiger charge is 2.63. The molecule has 6 atom stereocenters. The molecule has 5 aliphatic rings. The summed E-state index contributed by atoms with van der Waals surface area (Å²) in [6.07, 6.45) is 4.44. The van der Waals surface area contributed by atoms with Gasteiger partial charge in [0.25, 0.3) is 5.91 Å². The maximum absolute atomic E-state index is 15.2. The van der Waals surface area contributed by atoms with Gasteiger partial charge in [-0.25, -0.2) is 22.4 Å². The number of hydrogen-bond donors (Lipinski definition) is 3. The molecule has 1 unspecified atom stereocenters. The summed E-state index contributed by atoms with van der Waals surface area (Å²) in [5.41, 5.74) is -1.05. The molecule has 17 heteroatoms. The number of amides is 5. The molecule has 2 aliphatic carbocycles. The first-order valence-electron chi connectivity index (χ1n) is 20.2. The molecule has 0 radical (unpaired) electrons. The number of allylic oxidation sites excluding steroid dienone is 1. The van der Waals surface area contributed by atoms with Gasteiger partial charge in [-0.15, -0.1) is 0 Å². The van der Waals surface area contributed by atoms with Gasteiger partial charge in [0.05, 0.1) is 24.9 Å². The van der Waals surface area contributed by atoms with Crippen molar-refractivity contribution in [3.63, 3.8) is 0 Å². The summed E-state index contributed by atoms with van der Waals surface area (Å²) in [7, 11) is -2.49. The first-order valence-corrected chi connectivity index (χ1v) is 21.8. The molecule has 3 fully saturated rings. The molecule has 15 nitrogen and oxygen atoms in total. The predicted octanol–water partition coefficient (Wildman–Crippen LogP) is 4.89. The van der Waals surface area contributed by atoms with E-state index in [-0.39, 0.29) is 32.4 Å². The minimum Gasteiger partial charge on any atom is -0.497 e. The van der Waals surface area contributed by atoms with Crippen molar-refractivity contribution in [2.45, 2.75) is 132 Å². The van der Waals surface area contributed by atoms with Crippen molar-refractivity contribution < 1.29 is 51.0 Å². The predicted molar refractivity (Wildman–Crippen MR) is 211 cm³/mol.